The van der Waals surface area contributed by atoms with Gasteiger partial charge in [-0.25, -0.2) is 0 Å². The van der Waals surface area contributed by atoms with Crippen molar-refractivity contribution in [1.82, 2.24) is 9.88 Å². The summed E-state index contributed by atoms with van der Waals surface area (Å²) in [5, 5.41) is 0. The van der Waals surface area contributed by atoms with Crippen LogP contribution in [0.15, 0.2) is 60.9 Å². The zero-order valence-electron chi connectivity index (χ0n) is 11.9. The van der Waals surface area contributed by atoms with Gasteiger partial charge in [0.15, 0.2) is 0 Å². The molecule has 0 spiro atoms. The molecule has 2 aliphatic rings. The summed E-state index contributed by atoms with van der Waals surface area (Å²) in [5.74, 6) is 0. The van der Waals surface area contributed by atoms with E-state index in [0.29, 0.717) is 5.41 Å². The number of fused-ring (bicyclic) bond motifs is 2. The molecule has 108 valence electrons. The second kappa shape index (κ2) is 5.64. The van der Waals surface area contributed by atoms with Crippen LogP contribution in [0.2, 0.25) is 0 Å². The van der Waals surface area contributed by atoms with Crippen molar-refractivity contribution in [3.63, 3.8) is 0 Å². The minimum absolute atomic E-state index is 0. The first-order valence-corrected chi connectivity index (χ1v) is 7.28. The third kappa shape index (κ3) is 2.51. The van der Waals surface area contributed by atoms with Gasteiger partial charge >= 0.3 is 0 Å². The van der Waals surface area contributed by atoms with Crippen molar-refractivity contribution >= 4 is 17.0 Å². The van der Waals surface area contributed by atoms with Gasteiger partial charge in [0.05, 0.1) is 5.69 Å². The Hall–Kier alpha value is -1.61. The van der Waals surface area contributed by atoms with Crippen LogP contribution in [-0.2, 0) is 5.41 Å². The predicted octanol–water partition coefficient (Wildman–Crippen LogP) is 4.19. The average molecular weight is 343 g/mol. The van der Waals surface area contributed by atoms with Crippen LogP contribution < -0.4 is 0 Å². The molecule has 2 aromatic rings. The highest BCUT2D eigenvalue weighted by atomic mass is 79.9. The van der Waals surface area contributed by atoms with Crippen molar-refractivity contribution in [2.75, 3.05) is 13.1 Å². The van der Waals surface area contributed by atoms with Crippen LogP contribution in [0.5, 0.6) is 0 Å². The number of pyridine rings is 1. The van der Waals surface area contributed by atoms with E-state index >= 15 is 0 Å². The summed E-state index contributed by atoms with van der Waals surface area (Å²) in [7, 11) is 0. The molecule has 1 saturated heterocycles. The fourth-order valence-corrected chi connectivity index (χ4v) is 3.47. The SMILES string of the molecule is Br.C1=CN2CCC(c3ccc(-c4ccccc4)nc3)(C1)C2. The Kier molecular flexibility index (Phi) is 3.85. The van der Waals surface area contributed by atoms with Crippen LogP contribution in [0.1, 0.15) is 18.4 Å². The van der Waals surface area contributed by atoms with E-state index < -0.39 is 0 Å². The van der Waals surface area contributed by atoms with Crippen molar-refractivity contribution in [3.05, 3.63) is 66.5 Å². The molecular weight excluding hydrogens is 324 g/mol. The van der Waals surface area contributed by atoms with Crippen LogP contribution in [0.25, 0.3) is 11.3 Å². The largest absolute Gasteiger partial charge is 0.377 e. The number of nitrogens with zero attached hydrogens (tertiary/aromatic N) is 2. The number of hydrogen-bond donors (Lipinski definition) is 0. The summed E-state index contributed by atoms with van der Waals surface area (Å²) in [4.78, 5) is 7.12. The van der Waals surface area contributed by atoms with Crippen molar-refractivity contribution in [3.8, 4) is 11.3 Å². The lowest BCUT2D eigenvalue weighted by atomic mass is 9.77. The smallest absolute Gasteiger partial charge is 0.0702 e. The number of halogens is 1. The first-order valence-electron chi connectivity index (χ1n) is 7.28. The van der Waals surface area contributed by atoms with Crippen LogP contribution in [0.3, 0.4) is 0 Å². The fourth-order valence-electron chi connectivity index (χ4n) is 3.47. The van der Waals surface area contributed by atoms with Gasteiger partial charge in [0, 0.05) is 30.3 Å². The average Bonchev–Trinajstić information content (AvgIpc) is 2.84. The molecule has 0 radical (unpaired) electrons. The maximum absolute atomic E-state index is 4.69. The molecule has 2 aliphatic heterocycles. The lowest BCUT2D eigenvalue weighted by molar-refractivity contribution is 0.375. The quantitative estimate of drug-likeness (QED) is 0.813. The van der Waals surface area contributed by atoms with E-state index in [1.165, 1.54) is 24.1 Å². The Balaban J connectivity index is 0.00000132. The second-order valence-corrected chi connectivity index (χ2v) is 5.89. The minimum atomic E-state index is 0. The maximum Gasteiger partial charge on any atom is 0.0702 e. The van der Waals surface area contributed by atoms with E-state index in [1.807, 2.05) is 6.07 Å². The van der Waals surface area contributed by atoms with Gasteiger partial charge in [-0.15, -0.1) is 17.0 Å². The highest BCUT2D eigenvalue weighted by Crippen LogP contribution is 2.40. The molecule has 0 amide bonds. The van der Waals surface area contributed by atoms with Gasteiger partial charge in [0.1, 0.15) is 0 Å². The van der Waals surface area contributed by atoms with E-state index in [1.54, 1.807) is 0 Å². The molecule has 0 aliphatic carbocycles. The zero-order chi connectivity index (χ0) is 13.4. The van der Waals surface area contributed by atoms with Gasteiger partial charge < -0.3 is 4.90 Å². The molecule has 1 atom stereocenters. The minimum Gasteiger partial charge on any atom is -0.377 e. The molecule has 1 unspecified atom stereocenters. The lowest BCUT2D eigenvalue weighted by Crippen LogP contribution is -2.31. The lowest BCUT2D eigenvalue weighted by Gasteiger charge is -2.31. The molecule has 3 heterocycles. The molecular formula is C18H19BrN2. The van der Waals surface area contributed by atoms with E-state index in [2.05, 4.69) is 59.8 Å². The molecule has 2 bridgehead atoms. The molecule has 21 heavy (non-hydrogen) atoms. The standard InChI is InChI=1S/C18H18N2.BrH/c1-2-5-15(6-3-1)17-8-7-16(13-19-17)18-9-4-11-20(14-18)12-10-18;/h1-8,11,13H,9-10,12,14H2;1H. The monoisotopic (exact) mass is 342 g/mol. The van der Waals surface area contributed by atoms with Crippen molar-refractivity contribution in [1.29, 1.82) is 0 Å². The molecule has 0 N–H and O–H groups in total. The number of hydrogen-bond acceptors (Lipinski definition) is 2. The highest BCUT2D eigenvalue weighted by Gasteiger charge is 2.40. The summed E-state index contributed by atoms with van der Waals surface area (Å²) in [6.07, 6.45) is 9.03. The van der Waals surface area contributed by atoms with Crippen LogP contribution in [0.4, 0.5) is 0 Å². The summed E-state index contributed by atoms with van der Waals surface area (Å²) < 4.78 is 0. The maximum atomic E-state index is 4.69. The Labute approximate surface area is 136 Å². The van der Waals surface area contributed by atoms with Gasteiger partial charge in [-0.3, -0.25) is 4.98 Å². The Morgan fingerprint density at radius 2 is 1.90 bits per heavy atom. The zero-order valence-corrected chi connectivity index (χ0v) is 13.6. The van der Waals surface area contributed by atoms with Gasteiger partial charge in [0.25, 0.3) is 0 Å². The summed E-state index contributed by atoms with van der Waals surface area (Å²) in [5.41, 5.74) is 3.95. The predicted molar refractivity (Wildman–Crippen MR) is 91.6 cm³/mol. The fraction of sp³-hybridized carbons (Fsp3) is 0.278. The van der Waals surface area contributed by atoms with Crippen LogP contribution in [-0.4, -0.2) is 23.0 Å². The van der Waals surface area contributed by atoms with Gasteiger partial charge in [-0.1, -0.05) is 42.5 Å². The normalized spacial score (nSPS) is 23.0. The van der Waals surface area contributed by atoms with E-state index in [0.717, 1.165) is 18.7 Å². The van der Waals surface area contributed by atoms with Gasteiger partial charge in [-0.2, -0.15) is 0 Å². The number of rotatable bonds is 2. The molecule has 1 fully saturated rings. The summed E-state index contributed by atoms with van der Waals surface area (Å²) in [6.45, 7) is 2.33. The van der Waals surface area contributed by atoms with Crippen molar-refractivity contribution < 1.29 is 0 Å². The number of benzene rings is 1. The third-order valence-corrected chi connectivity index (χ3v) is 4.65. The van der Waals surface area contributed by atoms with Gasteiger partial charge in [0.2, 0.25) is 0 Å². The van der Waals surface area contributed by atoms with E-state index in [-0.39, 0.29) is 17.0 Å². The number of aromatic nitrogens is 1. The Bertz CT molecular complexity index is 636. The molecule has 3 heteroatoms. The second-order valence-electron chi connectivity index (χ2n) is 5.89. The molecule has 1 aromatic heterocycles. The summed E-state index contributed by atoms with van der Waals surface area (Å²) >= 11 is 0. The van der Waals surface area contributed by atoms with Crippen molar-refractivity contribution in [2.45, 2.75) is 18.3 Å². The van der Waals surface area contributed by atoms with E-state index in [9.17, 15) is 0 Å². The molecule has 2 nitrogen and oxygen atoms in total. The van der Waals surface area contributed by atoms with Crippen LogP contribution in [0, 0.1) is 0 Å². The molecule has 0 saturated carbocycles. The summed E-state index contributed by atoms with van der Waals surface area (Å²) in [6, 6.07) is 14.8. The highest BCUT2D eigenvalue weighted by molar-refractivity contribution is 8.93. The first kappa shape index (κ1) is 14.3. The Morgan fingerprint density at radius 3 is 2.67 bits per heavy atom. The molecule has 4 rings (SSSR count). The topological polar surface area (TPSA) is 16.1 Å². The van der Waals surface area contributed by atoms with Gasteiger partial charge in [-0.05, 0) is 30.7 Å². The Morgan fingerprint density at radius 1 is 1.05 bits per heavy atom. The van der Waals surface area contributed by atoms with Crippen molar-refractivity contribution in [2.24, 2.45) is 0 Å². The third-order valence-electron chi connectivity index (χ3n) is 4.65. The number of allylic oxidation sites excluding steroid dienone is 1. The molecule has 1 aromatic carbocycles. The van der Waals surface area contributed by atoms with Crippen LogP contribution >= 0.6 is 17.0 Å². The van der Waals surface area contributed by atoms with E-state index in [4.69, 9.17) is 4.98 Å². The first-order chi connectivity index (χ1) is 9.86.